The van der Waals surface area contributed by atoms with Crippen LogP contribution in [0.4, 0.5) is 0 Å². The minimum absolute atomic E-state index is 0.134. The van der Waals surface area contributed by atoms with Crippen molar-refractivity contribution in [1.82, 2.24) is 5.32 Å². The minimum Gasteiger partial charge on any atom is -0.466 e. The second kappa shape index (κ2) is 3.41. The fourth-order valence-corrected chi connectivity index (χ4v) is 2.05. The fraction of sp³-hybridized carbons (Fsp3) is 0.636. The second-order valence-electron chi connectivity index (χ2n) is 4.45. The molecule has 2 N–H and O–H groups in total. The van der Waals surface area contributed by atoms with Gasteiger partial charge in [-0.3, -0.25) is 0 Å². The van der Waals surface area contributed by atoms with Gasteiger partial charge in [-0.1, -0.05) is 0 Å². The largest absolute Gasteiger partial charge is 0.466 e. The van der Waals surface area contributed by atoms with Crippen LogP contribution in [-0.2, 0) is 0 Å². The normalized spacial score (nSPS) is 32.4. The third kappa shape index (κ3) is 1.70. The molecule has 0 aliphatic carbocycles. The quantitative estimate of drug-likeness (QED) is 0.750. The van der Waals surface area contributed by atoms with Gasteiger partial charge in [-0.05, 0) is 32.4 Å². The van der Waals surface area contributed by atoms with E-state index < -0.39 is 0 Å². The average molecular weight is 195 g/mol. The van der Waals surface area contributed by atoms with E-state index in [9.17, 15) is 5.11 Å². The number of aliphatic hydroxyl groups excluding tert-OH is 1. The molecule has 1 aromatic heterocycles. The Morgan fingerprint density at radius 3 is 2.93 bits per heavy atom. The summed E-state index contributed by atoms with van der Waals surface area (Å²) >= 11 is 0. The highest BCUT2D eigenvalue weighted by Gasteiger charge is 2.35. The van der Waals surface area contributed by atoms with Gasteiger partial charge in [-0.25, -0.2) is 0 Å². The fourth-order valence-electron chi connectivity index (χ4n) is 2.05. The molecule has 0 aromatic carbocycles. The summed E-state index contributed by atoms with van der Waals surface area (Å²) in [6.45, 7) is 5.08. The molecule has 0 saturated carbocycles. The van der Waals surface area contributed by atoms with Crippen LogP contribution in [0.5, 0.6) is 0 Å². The van der Waals surface area contributed by atoms with Crippen LogP contribution in [0.25, 0.3) is 0 Å². The summed E-state index contributed by atoms with van der Waals surface area (Å²) in [6.07, 6.45) is 0.941. The lowest BCUT2D eigenvalue weighted by molar-refractivity contribution is 0.190. The maximum absolute atomic E-state index is 9.20. The lowest BCUT2D eigenvalue weighted by Crippen LogP contribution is -2.39. The molecule has 0 bridgehead atoms. The van der Waals surface area contributed by atoms with Crippen molar-refractivity contribution >= 4 is 0 Å². The van der Waals surface area contributed by atoms with Crippen molar-refractivity contribution in [3.8, 4) is 0 Å². The third-order valence-electron chi connectivity index (χ3n) is 2.98. The van der Waals surface area contributed by atoms with Gasteiger partial charge in [0.05, 0.1) is 6.61 Å². The number of hydrogen-bond donors (Lipinski definition) is 2. The van der Waals surface area contributed by atoms with Gasteiger partial charge >= 0.3 is 0 Å². The first-order valence-corrected chi connectivity index (χ1v) is 5.05. The van der Waals surface area contributed by atoms with Gasteiger partial charge in [-0.2, -0.15) is 0 Å². The summed E-state index contributed by atoms with van der Waals surface area (Å²) < 4.78 is 5.58. The van der Waals surface area contributed by atoms with Crippen LogP contribution in [0.1, 0.15) is 30.8 Å². The van der Waals surface area contributed by atoms with Crippen LogP contribution in [0.15, 0.2) is 16.5 Å². The average Bonchev–Trinajstić information content (AvgIpc) is 2.73. The van der Waals surface area contributed by atoms with Gasteiger partial charge in [0.25, 0.3) is 0 Å². The van der Waals surface area contributed by atoms with E-state index in [1.807, 2.05) is 26.0 Å². The SMILES string of the molecule is Cc1ccc(C2CNC(C)(CO)C2)o1. The Morgan fingerprint density at radius 1 is 1.64 bits per heavy atom. The second-order valence-corrected chi connectivity index (χ2v) is 4.45. The predicted octanol–water partition coefficient (Wildman–Crippen LogP) is 1.42. The Morgan fingerprint density at radius 2 is 2.43 bits per heavy atom. The maximum atomic E-state index is 9.20. The zero-order valence-electron chi connectivity index (χ0n) is 8.71. The summed E-state index contributed by atoms with van der Waals surface area (Å²) in [5.74, 6) is 2.39. The molecule has 1 fully saturated rings. The summed E-state index contributed by atoms with van der Waals surface area (Å²) in [4.78, 5) is 0. The molecule has 0 radical (unpaired) electrons. The van der Waals surface area contributed by atoms with Crippen LogP contribution in [-0.4, -0.2) is 23.8 Å². The number of hydrogen-bond acceptors (Lipinski definition) is 3. The molecule has 2 rings (SSSR count). The third-order valence-corrected chi connectivity index (χ3v) is 2.98. The number of furan rings is 1. The minimum atomic E-state index is -0.134. The zero-order valence-corrected chi connectivity index (χ0v) is 8.71. The van der Waals surface area contributed by atoms with Crippen LogP contribution in [0.3, 0.4) is 0 Å². The van der Waals surface area contributed by atoms with E-state index in [1.165, 1.54) is 0 Å². The van der Waals surface area contributed by atoms with Gasteiger partial charge < -0.3 is 14.8 Å². The van der Waals surface area contributed by atoms with E-state index in [4.69, 9.17) is 4.42 Å². The molecule has 1 aliphatic rings. The molecule has 3 nitrogen and oxygen atoms in total. The van der Waals surface area contributed by atoms with Crippen molar-refractivity contribution in [3.05, 3.63) is 23.7 Å². The van der Waals surface area contributed by atoms with E-state index in [0.29, 0.717) is 5.92 Å². The van der Waals surface area contributed by atoms with Crippen molar-refractivity contribution in [2.45, 2.75) is 31.7 Å². The summed E-state index contributed by atoms with van der Waals surface area (Å²) in [5, 5.41) is 12.5. The highest BCUT2D eigenvalue weighted by Crippen LogP contribution is 2.32. The van der Waals surface area contributed by atoms with Crippen LogP contribution in [0.2, 0.25) is 0 Å². The molecule has 0 spiro atoms. The Hall–Kier alpha value is -0.800. The van der Waals surface area contributed by atoms with Crippen molar-refractivity contribution in [2.24, 2.45) is 0 Å². The van der Waals surface area contributed by atoms with Gasteiger partial charge in [0, 0.05) is 18.0 Å². The molecule has 1 aromatic rings. The van der Waals surface area contributed by atoms with Crippen LogP contribution < -0.4 is 5.32 Å². The first-order chi connectivity index (χ1) is 6.63. The van der Waals surface area contributed by atoms with Crippen molar-refractivity contribution in [1.29, 1.82) is 0 Å². The first-order valence-electron chi connectivity index (χ1n) is 5.05. The van der Waals surface area contributed by atoms with Crippen LogP contribution >= 0.6 is 0 Å². The summed E-state index contributed by atoms with van der Waals surface area (Å²) in [7, 11) is 0. The number of aliphatic hydroxyl groups is 1. The van der Waals surface area contributed by atoms with E-state index in [2.05, 4.69) is 5.32 Å². The lowest BCUT2D eigenvalue weighted by atomic mass is 9.94. The highest BCUT2D eigenvalue weighted by molar-refractivity contribution is 5.15. The lowest BCUT2D eigenvalue weighted by Gasteiger charge is -2.20. The van der Waals surface area contributed by atoms with E-state index in [0.717, 1.165) is 24.5 Å². The maximum Gasteiger partial charge on any atom is 0.108 e. The molecular weight excluding hydrogens is 178 g/mol. The van der Waals surface area contributed by atoms with Crippen molar-refractivity contribution < 1.29 is 9.52 Å². The topological polar surface area (TPSA) is 45.4 Å². The van der Waals surface area contributed by atoms with Gasteiger partial charge in [0.15, 0.2) is 0 Å². The van der Waals surface area contributed by atoms with Crippen LogP contribution in [0, 0.1) is 6.92 Å². The van der Waals surface area contributed by atoms with Gasteiger partial charge in [-0.15, -0.1) is 0 Å². The molecule has 1 saturated heterocycles. The molecule has 0 amide bonds. The summed E-state index contributed by atoms with van der Waals surface area (Å²) in [5.41, 5.74) is -0.134. The molecule has 78 valence electrons. The molecule has 2 heterocycles. The molecule has 1 aliphatic heterocycles. The predicted molar refractivity (Wildman–Crippen MR) is 54.3 cm³/mol. The zero-order chi connectivity index (χ0) is 10.2. The standard InChI is InChI=1S/C11H17NO2/c1-8-3-4-10(14-8)9-5-11(2,7-13)12-6-9/h3-4,9,12-13H,5-7H2,1-2H3. The molecule has 14 heavy (non-hydrogen) atoms. The Labute approximate surface area is 84.1 Å². The Bertz CT molecular complexity index is 321. The van der Waals surface area contributed by atoms with Gasteiger partial charge in [0.1, 0.15) is 11.5 Å². The van der Waals surface area contributed by atoms with Gasteiger partial charge in [0.2, 0.25) is 0 Å². The molecule has 3 heteroatoms. The monoisotopic (exact) mass is 195 g/mol. The van der Waals surface area contributed by atoms with Crippen molar-refractivity contribution in [2.75, 3.05) is 13.2 Å². The van der Waals surface area contributed by atoms with E-state index in [1.54, 1.807) is 0 Å². The number of aryl methyl sites for hydroxylation is 1. The smallest absolute Gasteiger partial charge is 0.108 e. The van der Waals surface area contributed by atoms with Crippen molar-refractivity contribution in [3.63, 3.8) is 0 Å². The molecule has 2 atom stereocenters. The Kier molecular flexibility index (Phi) is 2.37. The van der Waals surface area contributed by atoms with E-state index >= 15 is 0 Å². The molecular formula is C11H17NO2. The Balaban J connectivity index is 2.09. The highest BCUT2D eigenvalue weighted by atomic mass is 16.3. The number of nitrogens with one attached hydrogen (secondary N) is 1. The number of rotatable bonds is 2. The summed E-state index contributed by atoms with van der Waals surface area (Å²) in [6, 6.07) is 4.02. The van der Waals surface area contributed by atoms with E-state index in [-0.39, 0.29) is 12.1 Å². The first kappa shape index (κ1) is 9.74. The molecule has 2 unspecified atom stereocenters.